The average Bonchev–Trinajstić information content (AvgIpc) is 2.33. The third kappa shape index (κ3) is 3.49. The van der Waals surface area contributed by atoms with E-state index < -0.39 is 10.0 Å². The highest BCUT2D eigenvalue weighted by Gasteiger charge is 2.15. The van der Waals surface area contributed by atoms with Crippen molar-refractivity contribution in [2.75, 3.05) is 10.5 Å². The number of nitrogens with two attached hydrogens (primary N) is 1. The van der Waals surface area contributed by atoms with Crippen LogP contribution >= 0.6 is 31.9 Å². The van der Waals surface area contributed by atoms with Crippen molar-refractivity contribution in [3.05, 3.63) is 51.4 Å². The molecule has 0 spiro atoms. The normalized spacial score (nSPS) is 11.3. The second kappa shape index (κ2) is 5.52. The summed E-state index contributed by atoms with van der Waals surface area (Å²) in [5, 5.41) is 0. The Bertz CT molecular complexity index is 717. The summed E-state index contributed by atoms with van der Waals surface area (Å²) in [6.07, 6.45) is 0. The van der Waals surface area contributed by atoms with E-state index in [4.69, 9.17) is 5.73 Å². The lowest BCUT2D eigenvalue weighted by atomic mass is 10.3. The Kier molecular flexibility index (Phi) is 4.17. The number of benzene rings is 2. The minimum Gasteiger partial charge on any atom is -0.399 e. The van der Waals surface area contributed by atoms with Gasteiger partial charge < -0.3 is 5.73 Å². The number of nitrogen functional groups attached to an aromatic ring is 1. The summed E-state index contributed by atoms with van der Waals surface area (Å²) in [6, 6.07) is 11.4. The highest BCUT2D eigenvalue weighted by molar-refractivity contribution is 9.10. The van der Waals surface area contributed by atoms with Crippen LogP contribution in [0.5, 0.6) is 0 Å². The highest BCUT2D eigenvalue weighted by Crippen LogP contribution is 2.27. The van der Waals surface area contributed by atoms with Crippen LogP contribution in [0.1, 0.15) is 0 Å². The smallest absolute Gasteiger partial charge is 0.261 e. The number of sulfonamides is 1. The van der Waals surface area contributed by atoms with E-state index in [1.807, 2.05) is 0 Å². The van der Waals surface area contributed by atoms with Gasteiger partial charge in [0.2, 0.25) is 0 Å². The summed E-state index contributed by atoms with van der Waals surface area (Å²) >= 11 is 6.52. The molecule has 19 heavy (non-hydrogen) atoms. The monoisotopic (exact) mass is 404 g/mol. The van der Waals surface area contributed by atoms with Crippen LogP contribution < -0.4 is 10.5 Å². The Balaban J connectivity index is 2.39. The zero-order valence-corrected chi connectivity index (χ0v) is 13.6. The molecule has 0 aliphatic carbocycles. The van der Waals surface area contributed by atoms with Crippen molar-refractivity contribution in [2.24, 2.45) is 0 Å². The van der Waals surface area contributed by atoms with Crippen LogP contribution in [0.2, 0.25) is 0 Å². The minimum atomic E-state index is -3.64. The SMILES string of the molecule is Nc1ccc(Br)c(NS(=O)(=O)c2cccc(Br)c2)c1. The van der Waals surface area contributed by atoms with Gasteiger partial charge in [0, 0.05) is 14.6 Å². The van der Waals surface area contributed by atoms with Crippen molar-refractivity contribution in [3.63, 3.8) is 0 Å². The number of hydrogen-bond donors (Lipinski definition) is 2. The Morgan fingerprint density at radius 2 is 1.79 bits per heavy atom. The topological polar surface area (TPSA) is 72.2 Å². The molecule has 0 aliphatic rings. The number of rotatable bonds is 3. The van der Waals surface area contributed by atoms with Crippen molar-refractivity contribution in [1.29, 1.82) is 0 Å². The summed E-state index contributed by atoms with van der Waals surface area (Å²) in [5.74, 6) is 0. The first-order valence-corrected chi connectivity index (χ1v) is 8.29. The van der Waals surface area contributed by atoms with Crippen molar-refractivity contribution < 1.29 is 8.42 Å². The number of nitrogens with one attached hydrogen (secondary N) is 1. The van der Waals surface area contributed by atoms with Crippen LogP contribution in [-0.4, -0.2) is 8.42 Å². The minimum absolute atomic E-state index is 0.177. The summed E-state index contributed by atoms with van der Waals surface area (Å²) in [4.78, 5) is 0.177. The van der Waals surface area contributed by atoms with Gasteiger partial charge in [-0.1, -0.05) is 22.0 Å². The molecule has 0 atom stereocenters. The van der Waals surface area contributed by atoms with Crippen molar-refractivity contribution in [2.45, 2.75) is 4.90 Å². The van der Waals surface area contributed by atoms with E-state index in [0.29, 0.717) is 20.3 Å². The maximum absolute atomic E-state index is 12.2. The molecule has 2 aromatic carbocycles. The zero-order valence-electron chi connectivity index (χ0n) is 9.60. The Labute approximate surface area is 128 Å². The van der Waals surface area contributed by atoms with Gasteiger partial charge in [0.1, 0.15) is 0 Å². The molecular formula is C12H10Br2N2O2S. The lowest BCUT2D eigenvalue weighted by molar-refractivity contribution is 0.601. The molecule has 0 aromatic heterocycles. The number of anilines is 2. The molecule has 100 valence electrons. The van der Waals surface area contributed by atoms with E-state index in [1.54, 1.807) is 30.3 Å². The van der Waals surface area contributed by atoms with Gasteiger partial charge in [0.05, 0.1) is 10.6 Å². The third-order valence-electron chi connectivity index (χ3n) is 2.34. The largest absolute Gasteiger partial charge is 0.399 e. The fourth-order valence-electron chi connectivity index (χ4n) is 1.46. The van der Waals surface area contributed by atoms with Gasteiger partial charge in [-0.3, -0.25) is 4.72 Å². The summed E-state index contributed by atoms with van der Waals surface area (Å²) in [6.45, 7) is 0. The molecule has 0 radical (unpaired) electrons. The second-order valence-corrected chi connectivity index (χ2v) is 7.25. The molecule has 0 amide bonds. The summed E-state index contributed by atoms with van der Waals surface area (Å²) in [7, 11) is -3.64. The Morgan fingerprint density at radius 3 is 2.47 bits per heavy atom. The van der Waals surface area contributed by atoms with E-state index in [-0.39, 0.29) is 4.90 Å². The van der Waals surface area contributed by atoms with Crippen LogP contribution in [0.25, 0.3) is 0 Å². The van der Waals surface area contributed by atoms with Crippen LogP contribution in [0.3, 0.4) is 0 Å². The molecular weight excluding hydrogens is 396 g/mol. The molecule has 0 heterocycles. The number of hydrogen-bond acceptors (Lipinski definition) is 3. The van der Waals surface area contributed by atoms with Gasteiger partial charge in [0.25, 0.3) is 10.0 Å². The molecule has 2 rings (SSSR count). The van der Waals surface area contributed by atoms with E-state index in [1.165, 1.54) is 12.1 Å². The molecule has 0 bridgehead atoms. The van der Waals surface area contributed by atoms with E-state index in [9.17, 15) is 8.42 Å². The Morgan fingerprint density at radius 1 is 1.05 bits per heavy atom. The molecule has 2 aromatic rings. The number of halogens is 2. The van der Waals surface area contributed by atoms with Gasteiger partial charge in [-0.15, -0.1) is 0 Å². The molecule has 3 N–H and O–H groups in total. The quantitative estimate of drug-likeness (QED) is 0.766. The van der Waals surface area contributed by atoms with Crippen molar-refractivity contribution >= 4 is 53.3 Å². The molecule has 0 fully saturated rings. The first kappa shape index (κ1) is 14.4. The first-order valence-electron chi connectivity index (χ1n) is 5.22. The highest BCUT2D eigenvalue weighted by atomic mass is 79.9. The molecule has 0 unspecified atom stereocenters. The summed E-state index contributed by atoms with van der Waals surface area (Å²) < 4.78 is 28.3. The molecule has 0 saturated heterocycles. The average molecular weight is 406 g/mol. The predicted octanol–water partition coefficient (Wildman–Crippen LogP) is 3.59. The fourth-order valence-corrected chi connectivity index (χ4v) is 3.60. The van der Waals surface area contributed by atoms with Crippen LogP contribution in [-0.2, 0) is 10.0 Å². The lowest BCUT2D eigenvalue weighted by Gasteiger charge is -2.10. The van der Waals surface area contributed by atoms with Gasteiger partial charge in [-0.05, 0) is 52.3 Å². The molecule has 0 aliphatic heterocycles. The third-order valence-corrected chi connectivity index (χ3v) is 4.89. The Hall–Kier alpha value is -1.05. The van der Waals surface area contributed by atoms with E-state index >= 15 is 0 Å². The van der Waals surface area contributed by atoms with E-state index in [0.717, 1.165) is 0 Å². The van der Waals surface area contributed by atoms with Crippen LogP contribution in [0.4, 0.5) is 11.4 Å². The molecule has 4 nitrogen and oxygen atoms in total. The fraction of sp³-hybridized carbons (Fsp3) is 0. The van der Waals surface area contributed by atoms with Crippen LogP contribution in [0.15, 0.2) is 56.3 Å². The first-order chi connectivity index (χ1) is 8.88. The molecule has 7 heteroatoms. The van der Waals surface area contributed by atoms with Gasteiger partial charge in [0.15, 0.2) is 0 Å². The standard InChI is InChI=1S/C12H10Br2N2O2S/c13-8-2-1-3-10(6-8)19(17,18)16-12-7-9(15)4-5-11(12)14/h1-7,16H,15H2. The van der Waals surface area contributed by atoms with Gasteiger partial charge in [-0.2, -0.15) is 0 Å². The maximum Gasteiger partial charge on any atom is 0.261 e. The van der Waals surface area contributed by atoms with Crippen LogP contribution in [0, 0.1) is 0 Å². The van der Waals surface area contributed by atoms with Gasteiger partial charge >= 0.3 is 0 Å². The van der Waals surface area contributed by atoms with Gasteiger partial charge in [-0.25, -0.2) is 8.42 Å². The summed E-state index contributed by atoms with van der Waals surface area (Å²) in [5.41, 5.74) is 6.53. The van der Waals surface area contributed by atoms with Crippen molar-refractivity contribution in [3.8, 4) is 0 Å². The molecule has 0 saturated carbocycles. The zero-order chi connectivity index (χ0) is 14.0. The predicted molar refractivity (Wildman–Crippen MR) is 83.5 cm³/mol. The second-order valence-electron chi connectivity index (χ2n) is 3.80. The maximum atomic E-state index is 12.2. The van der Waals surface area contributed by atoms with Crippen molar-refractivity contribution in [1.82, 2.24) is 0 Å². The van der Waals surface area contributed by atoms with E-state index in [2.05, 4.69) is 36.6 Å². The lowest BCUT2D eigenvalue weighted by Crippen LogP contribution is -2.13.